The van der Waals surface area contributed by atoms with E-state index in [-0.39, 0.29) is 23.0 Å². The molecule has 0 heterocycles. The second-order valence-corrected chi connectivity index (χ2v) is 9.53. The molecule has 0 aromatic heterocycles. The van der Waals surface area contributed by atoms with Gasteiger partial charge < -0.3 is 36.5 Å². The minimum Gasteiger partial charge on any atom is -1.00 e. The zero-order valence-electron chi connectivity index (χ0n) is 22.7. The standard InChI is InChI=1S/C30H36N2O4S.BrH/c1-6-35-27-13-10-23(19-28(27)36-7-2)14-15-31-30(32-26-17-21(3)16-22(4)18-26)37-20-24-8-11-25(12-9-24)29(33)34-5;/h8-13,16-19H,6-7,14-15,20H2,1-5H3,(H,31,32);1H/p-1. The molecule has 6 nitrogen and oxygen atoms in total. The van der Waals surface area contributed by atoms with Crippen LogP contribution < -0.4 is 31.8 Å². The van der Waals surface area contributed by atoms with Gasteiger partial charge in [0.15, 0.2) is 16.7 Å². The van der Waals surface area contributed by atoms with Crippen molar-refractivity contribution >= 4 is 28.6 Å². The summed E-state index contributed by atoms with van der Waals surface area (Å²) in [5.41, 5.74) is 6.20. The second kappa shape index (κ2) is 16.1. The molecule has 0 radical (unpaired) electrons. The molecule has 0 aliphatic carbocycles. The monoisotopic (exact) mass is 599 g/mol. The molecule has 0 spiro atoms. The van der Waals surface area contributed by atoms with Crippen LogP contribution in [0.25, 0.3) is 0 Å². The van der Waals surface area contributed by atoms with Crippen molar-refractivity contribution in [2.24, 2.45) is 4.99 Å². The number of nitrogens with one attached hydrogen (secondary N) is 1. The minimum absolute atomic E-state index is 0. The van der Waals surface area contributed by atoms with Crippen molar-refractivity contribution in [3.63, 3.8) is 0 Å². The molecule has 1 N–H and O–H groups in total. The van der Waals surface area contributed by atoms with Crippen molar-refractivity contribution in [3.05, 3.63) is 88.5 Å². The first kappa shape index (κ1) is 31.2. The maximum absolute atomic E-state index is 11.7. The number of ether oxygens (including phenoxy) is 3. The third-order valence-electron chi connectivity index (χ3n) is 5.49. The number of carbonyl (C=O) groups excluding carboxylic acids is 1. The van der Waals surface area contributed by atoms with Gasteiger partial charge in [0.25, 0.3) is 0 Å². The number of rotatable bonds is 11. The summed E-state index contributed by atoms with van der Waals surface area (Å²) in [5.74, 6) is 1.92. The van der Waals surface area contributed by atoms with Gasteiger partial charge in [-0.1, -0.05) is 36.0 Å². The third-order valence-corrected chi connectivity index (χ3v) is 6.47. The van der Waals surface area contributed by atoms with Gasteiger partial charge in [-0.3, -0.25) is 4.99 Å². The van der Waals surface area contributed by atoms with Crippen LogP contribution in [0.3, 0.4) is 0 Å². The zero-order valence-corrected chi connectivity index (χ0v) is 25.1. The van der Waals surface area contributed by atoms with Crippen LogP contribution in [0, 0.1) is 13.8 Å². The molecule has 204 valence electrons. The van der Waals surface area contributed by atoms with E-state index < -0.39 is 0 Å². The first-order valence-electron chi connectivity index (χ1n) is 12.5. The lowest BCUT2D eigenvalue weighted by molar-refractivity contribution is -0.0000231. The number of carbonyl (C=O) groups is 1. The minimum atomic E-state index is -0.334. The van der Waals surface area contributed by atoms with E-state index in [0.29, 0.717) is 25.3 Å². The van der Waals surface area contributed by atoms with E-state index in [0.717, 1.165) is 45.7 Å². The topological polar surface area (TPSA) is 69.2 Å². The average Bonchev–Trinajstić information content (AvgIpc) is 2.88. The van der Waals surface area contributed by atoms with Crippen LogP contribution in [0.15, 0.2) is 65.7 Å². The average molecular weight is 601 g/mol. The molecule has 0 bridgehead atoms. The Morgan fingerprint density at radius 2 is 1.50 bits per heavy atom. The van der Waals surface area contributed by atoms with E-state index in [1.165, 1.54) is 18.2 Å². The maximum atomic E-state index is 11.7. The molecule has 0 saturated carbocycles. The predicted molar refractivity (Wildman–Crippen MR) is 153 cm³/mol. The molecule has 3 rings (SSSR count). The number of benzene rings is 3. The maximum Gasteiger partial charge on any atom is 0.337 e. The third kappa shape index (κ3) is 9.72. The Morgan fingerprint density at radius 3 is 2.13 bits per heavy atom. The number of thioether (sulfide) groups is 1. The molecule has 0 amide bonds. The van der Waals surface area contributed by atoms with Gasteiger partial charge in [0, 0.05) is 18.0 Å². The van der Waals surface area contributed by atoms with E-state index in [2.05, 4.69) is 43.4 Å². The van der Waals surface area contributed by atoms with E-state index in [1.807, 2.05) is 38.1 Å². The number of nitrogens with zero attached hydrogens (tertiary/aromatic N) is 1. The van der Waals surface area contributed by atoms with Gasteiger partial charge in [-0.2, -0.15) is 0 Å². The molecular weight excluding hydrogens is 564 g/mol. The molecule has 0 fully saturated rings. The Bertz CT molecular complexity index is 1200. The SMILES string of the molecule is CCOc1ccc(CCN=C(Nc2cc(C)cc(C)c2)SCc2ccc(C(=O)OC)cc2)cc1OCC.[Br-]. The number of esters is 1. The molecule has 8 heteroatoms. The van der Waals surface area contributed by atoms with E-state index in [4.69, 9.17) is 19.2 Å². The summed E-state index contributed by atoms with van der Waals surface area (Å²) < 4.78 is 16.2. The van der Waals surface area contributed by atoms with Crippen LogP contribution in [-0.4, -0.2) is 38.0 Å². The summed E-state index contributed by atoms with van der Waals surface area (Å²) in [7, 11) is 1.39. The second-order valence-electron chi connectivity index (χ2n) is 8.56. The van der Waals surface area contributed by atoms with Gasteiger partial charge in [-0.25, -0.2) is 4.79 Å². The highest BCUT2D eigenvalue weighted by molar-refractivity contribution is 8.13. The van der Waals surface area contributed by atoms with E-state index in [1.54, 1.807) is 23.9 Å². The smallest absolute Gasteiger partial charge is 0.337 e. The molecule has 0 aliphatic rings. The Labute approximate surface area is 241 Å². The van der Waals surface area contributed by atoms with Gasteiger partial charge >= 0.3 is 5.97 Å². The molecule has 0 unspecified atom stereocenters. The van der Waals surface area contributed by atoms with Crippen LogP contribution in [0.4, 0.5) is 5.69 Å². The van der Waals surface area contributed by atoms with Crippen LogP contribution in [0.5, 0.6) is 11.5 Å². The summed E-state index contributed by atoms with van der Waals surface area (Å²) in [6.07, 6.45) is 0.777. The number of aryl methyl sites for hydroxylation is 2. The predicted octanol–water partition coefficient (Wildman–Crippen LogP) is 3.84. The van der Waals surface area contributed by atoms with Crippen molar-refractivity contribution in [1.82, 2.24) is 0 Å². The number of hydrogen-bond donors (Lipinski definition) is 1. The summed E-state index contributed by atoms with van der Waals surface area (Å²) >= 11 is 1.63. The Kier molecular flexibility index (Phi) is 13.2. The Morgan fingerprint density at radius 1 is 0.868 bits per heavy atom. The zero-order chi connectivity index (χ0) is 26.6. The molecule has 38 heavy (non-hydrogen) atoms. The fraction of sp³-hybridized carbons (Fsp3) is 0.333. The van der Waals surface area contributed by atoms with Crippen LogP contribution in [0.1, 0.15) is 46.5 Å². The van der Waals surface area contributed by atoms with Gasteiger partial charge in [-0.05, 0) is 92.8 Å². The molecule has 3 aromatic rings. The van der Waals surface area contributed by atoms with Gasteiger partial charge in [-0.15, -0.1) is 0 Å². The summed E-state index contributed by atoms with van der Waals surface area (Å²) in [6, 6.07) is 19.9. The normalized spacial score (nSPS) is 10.9. The number of anilines is 1. The highest BCUT2D eigenvalue weighted by Crippen LogP contribution is 2.29. The number of aliphatic imine (C=N–C) groups is 1. The number of amidine groups is 1. The van der Waals surface area contributed by atoms with Crippen LogP contribution >= 0.6 is 11.8 Å². The number of methoxy groups -OCH3 is 1. The lowest BCUT2D eigenvalue weighted by atomic mass is 10.1. The summed E-state index contributed by atoms with van der Waals surface area (Å²) in [5, 5.41) is 4.35. The molecule has 0 aliphatic heterocycles. The molecule has 0 atom stereocenters. The Balaban J connectivity index is 0.00000507. The molecular formula is C30H36BrN2O4S-. The summed E-state index contributed by atoms with van der Waals surface area (Å²) in [6.45, 7) is 9.93. The summed E-state index contributed by atoms with van der Waals surface area (Å²) in [4.78, 5) is 16.6. The van der Waals surface area contributed by atoms with Crippen molar-refractivity contribution in [3.8, 4) is 11.5 Å². The lowest BCUT2D eigenvalue weighted by Gasteiger charge is -2.13. The van der Waals surface area contributed by atoms with Crippen molar-refractivity contribution in [1.29, 1.82) is 0 Å². The van der Waals surface area contributed by atoms with E-state index in [9.17, 15) is 4.79 Å². The lowest BCUT2D eigenvalue weighted by Crippen LogP contribution is -3.00. The molecule has 3 aromatic carbocycles. The van der Waals surface area contributed by atoms with Crippen LogP contribution in [-0.2, 0) is 16.9 Å². The van der Waals surface area contributed by atoms with E-state index >= 15 is 0 Å². The first-order chi connectivity index (χ1) is 17.9. The number of hydrogen-bond acceptors (Lipinski definition) is 6. The van der Waals surface area contributed by atoms with Crippen molar-refractivity contribution < 1.29 is 36.0 Å². The Hall–Kier alpha value is -2.97. The van der Waals surface area contributed by atoms with Gasteiger partial charge in [0.2, 0.25) is 0 Å². The molecule has 0 saturated heterocycles. The van der Waals surface area contributed by atoms with Gasteiger partial charge in [0.05, 0.1) is 25.9 Å². The highest BCUT2D eigenvalue weighted by atomic mass is 79.9. The highest BCUT2D eigenvalue weighted by Gasteiger charge is 2.09. The number of halogens is 1. The van der Waals surface area contributed by atoms with Crippen molar-refractivity contribution in [2.45, 2.75) is 39.9 Å². The largest absolute Gasteiger partial charge is 1.00 e. The first-order valence-corrected chi connectivity index (χ1v) is 13.5. The fourth-order valence-corrected chi connectivity index (χ4v) is 4.70. The fourth-order valence-electron chi connectivity index (χ4n) is 3.84. The van der Waals surface area contributed by atoms with Crippen molar-refractivity contribution in [2.75, 3.05) is 32.2 Å². The quantitative estimate of drug-likeness (QED) is 0.205. The van der Waals surface area contributed by atoms with Gasteiger partial charge in [0.1, 0.15) is 0 Å². The van der Waals surface area contributed by atoms with Crippen LogP contribution in [0.2, 0.25) is 0 Å².